The molecule has 29 heavy (non-hydrogen) atoms. The second-order valence-corrected chi connectivity index (χ2v) is 7.36. The molecule has 0 aliphatic heterocycles. The quantitative estimate of drug-likeness (QED) is 0.401. The fraction of sp³-hybridized carbons (Fsp3) is 0.105. The SMILES string of the molecule is O=C(O)Cc1cc2cc(F)ccc2n(Cc2nc3c(F)c(F)cc(F)c3s2)c1=O. The van der Waals surface area contributed by atoms with Crippen LogP contribution in [0.3, 0.4) is 0 Å². The second-order valence-electron chi connectivity index (χ2n) is 6.27. The minimum atomic E-state index is -1.38. The number of halogens is 4. The standard InChI is InChI=1S/C19H10F4N2O3S/c20-10-1-2-13-8(4-10)3-9(5-15(26)27)19(28)25(13)7-14-24-17-16(23)11(21)6-12(22)18(17)29-14/h1-4,6H,5,7H2,(H,26,27). The van der Waals surface area contributed by atoms with Gasteiger partial charge in [0.2, 0.25) is 0 Å². The topological polar surface area (TPSA) is 72.2 Å². The molecule has 0 aliphatic carbocycles. The van der Waals surface area contributed by atoms with Crippen molar-refractivity contribution in [3.8, 4) is 0 Å². The van der Waals surface area contributed by atoms with Crippen LogP contribution in [0.1, 0.15) is 10.6 Å². The first-order chi connectivity index (χ1) is 13.7. The van der Waals surface area contributed by atoms with Crippen molar-refractivity contribution in [1.29, 1.82) is 0 Å². The molecule has 4 rings (SSSR count). The lowest BCUT2D eigenvalue weighted by Gasteiger charge is -2.11. The number of aliphatic carboxylic acids is 1. The summed E-state index contributed by atoms with van der Waals surface area (Å²) in [4.78, 5) is 27.8. The van der Waals surface area contributed by atoms with Crippen molar-refractivity contribution in [3.05, 3.63) is 74.5 Å². The number of hydrogen-bond acceptors (Lipinski definition) is 4. The molecule has 2 aromatic heterocycles. The van der Waals surface area contributed by atoms with Crippen LogP contribution in [-0.2, 0) is 17.8 Å². The number of aromatic nitrogens is 2. The summed E-state index contributed by atoms with van der Waals surface area (Å²) in [6, 6.07) is 5.31. The molecule has 2 heterocycles. The van der Waals surface area contributed by atoms with Crippen molar-refractivity contribution in [2.24, 2.45) is 0 Å². The van der Waals surface area contributed by atoms with E-state index >= 15 is 0 Å². The summed E-state index contributed by atoms with van der Waals surface area (Å²) in [5, 5.41) is 9.41. The van der Waals surface area contributed by atoms with E-state index in [1.165, 1.54) is 12.1 Å². The third-order valence-electron chi connectivity index (χ3n) is 4.32. The number of rotatable bonds is 4. The van der Waals surface area contributed by atoms with Crippen molar-refractivity contribution in [3.63, 3.8) is 0 Å². The Kier molecular flexibility index (Phi) is 4.58. The maximum atomic E-state index is 14.0. The van der Waals surface area contributed by atoms with Gasteiger partial charge in [0.25, 0.3) is 5.56 Å². The summed E-state index contributed by atoms with van der Waals surface area (Å²) in [7, 11) is 0. The van der Waals surface area contributed by atoms with Crippen LogP contribution in [0.2, 0.25) is 0 Å². The lowest BCUT2D eigenvalue weighted by Crippen LogP contribution is -2.26. The van der Waals surface area contributed by atoms with Crippen molar-refractivity contribution in [2.75, 3.05) is 0 Å². The average molecular weight is 422 g/mol. The Morgan fingerprint density at radius 2 is 1.86 bits per heavy atom. The first-order valence-corrected chi connectivity index (χ1v) is 9.03. The van der Waals surface area contributed by atoms with E-state index in [1.54, 1.807) is 0 Å². The Morgan fingerprint density at radius 1 is 1.10 bits per heavy atom. The zero-order chi connectivity index (χ0) is 20.9. The summed E-state index contributed by atoms with van der Waals surface area (Å²) in [6.07, 6.45) is -0.584. The fourth-order valence-corrected chi connectivity index (χ4v) is 4.05. The molecule has 0 radical (unpaired) electrons. The Morgan fingerprint density at radius 3 is 2.59 bits per heavy atom. The van der Waals surface area contributed by atoms with Gasteiger partial charge in [0.05, 0.1) is 23.2 Å². The number of carboxylic acid groups (broad SMARTS) is 1. The van der Waals surface area contributed by atoms with E-state index in [4.69, 9.17) is 5.11 Å². The normalized spacial score (nSPS) is 11.4. The molecule has 0 bridgehead atoms. The van der Waals surface area contributed by atoms with Crippen molar-refractivity contribution in [2.45, 2.75) is 13.0 Å². The van der Waals surface area contributed by atoms with Gasteiger partial charge in [-0.05, 0) is 24.3 Å². The maximum Gasteiger partial charge on any atom is 0.308 e. The van der Waals surface area contributed by atoms with Gasteiger partial charge in [0.15, 0.2) is 11.6 Å². The number of nitrogens with zero attached hydrogens (tertiary/aromatic N) is 2. The molecule has 1 N–H and O–H groups in total. The average Bonchev–Trinajstić information content (AvgIpc) is 3.07. The number of pyridine rings is 1. The van der Waals surface area contributed by atoms with Gasteiger partial charge in [0.1, 0.15) is 22.2 Å². The summed E-state index contributed by atoms with van der Waals surface area (Å²) in [5.74, 6) is -5.50. The number of carboxylic acids is 1. The summed E-state index contributed by atoms with van der Waals surface area (Å²) in [5.41, 5.74) is -0.942. The monoisotopic (exact) mass is 422 g/mol. The lowest BCUT2D eigenvalue weighted by molar-refractivity contribution is -0.136. The third-order valence-corrected chi connectivity index (χ3v) is 5.37. The van der Waals surface area contributed by atoms with E-state index in [9.17, 15) is 27.2 Å². The highest BCUT2D eigenvalue weighted by Gasteiger charge is 2.19. The number of thiazole rings is 1. The highest BCUT2D eigenvalue weighted by atomic mass is 32.1. The molecule has 4 aromatic rings. The van der Waals surface area contributed by atoms with Crippen LogP contribution < -0.4 is 5.56 Å². The van der Waals surface area contributed by atoms with Crippen LogP contribution >= 0.6 is 11.3 Å². The minimum Gasteiger partial charge on any atom is -0.481 e. The molecule has 0 spiro atoms. The van der Waals surface area contributed by atoms with Gasteiger partial charge in [0, 0.05) is 17.0 Å². The smallest absolute Gasteiger partial charge is 0.308 e. The molecule has 0 amide bonds. The van der Waals surface area contributed by atoms with Gasteiger partial charge in [-0.15, -0.1) is 11.3 Å². The molecule has 10 heteroatoms. The van der Waals surface area contributed by atoms with Crippen LogP contribution in [0.4, 0.5) is 17.6 Å². The van der Waals surface area contributed by atoms with E-state index in [2.05, 4.69) is 4.98 Å². The van der Waals surface area contributed by atoms with Gasteiger partial charge < -0.3 is 9.67 Å². The van der Waals surface area contributed by atoms with E-state index < -0.39 is 46.7 Å². The molecule has 5 nitrogen and oxygen atoms in total. The maximum absolute atomic E-state index is 14.0. The second kappa shape index (κ2) is 6.96. The van der Waals surface area contributed by atoms with Gasteiger partial charge in [-0.2, -0.15) is 0 Å². The number of hydrogen-bond donors (Lipinski definition) is 1. The van der Waals surface area contributed by atoms with Crippen LogP contribution in [0.25, 0.3) is 21.1 Å². The predicted octanol–water partition coefficient (Wildman–Crippen LogP) is 3.84. The lowest BCUT2D eigenvalue weighted by atomic mass is 10.1. The van der Waals surface area contributed by atoms with E-state index in [-0.39, 0.29) is 32.7 Å². The molecular weight excluding hydrogens is 412 g/mol. The van der Waals surface area contributed by atoms with Gasteiger partial charge >= 0.3 is 5.97 Å². The highest BCUT2D eigenvalue weighted by Crippen LogP contribution is 2.29. The van der Waals surface area contributed by atoms with E-state index in [0.29, 0.717) is 6.07 Å². The molecule has 148 valence electrons. The largest absolute Gasteiger partial charge is 0.481 e. The fourth-order valence-electron chi connectivity index (χ4n) is 3.10. The summed E-state index contributed by atoms with van der Waals surface area (Å²) < 4.78 is 55.9. The predicted molar refractivity (Wildman–Crippen MR) is 98.1 cm³/mol. The Bertz CT molecular complexity index is 1360. The van der Waals surface area contributed by atoms with Crippen LogP contribution in [0, 0.1) is 23.3 Å². The van der Waals surface area contributed by atoms with E-state index in [0.717, 1.165) is 28.0 Å². The van der Waals surface area contributed by atoms with E-state index in [1.807, 2.05) is 0 Å². The van der Waals surface area contributed by atoms with Gasteiger partial charge in [-0.25, -0.2) is 22.5 Å². The van der Waals surface area contributed by atoms with Crippen LogP contribution in [0.5, 0.6) is 0 Å². The van der Waals surface area contributed by atoms with Crippen LogP contribution in [-0.4, -0.2) is 20.6 Å². The molecule has 2 aromatic carbocycles. The summed E-state index contributed by atoms with van der Waals surface area (Å²) >= 11 is 0.739. The van der Waals surface area contributed by atoms with Crippen LogP contribution in [0.15, 0.2) is 35.1 Å². The molecule has 0 unspecified atom stereocenters. The van der Waals surface area contributed by atoms with Crippen molar-refractivity contribution >= 4 is 38.4 Å². The zero-order valence-corrected chi connectivity index (χ0v) is 15.2. The summed E-state index contributed by atoms with van der Waals surface area (Å²) in [6.45, 7) is -0.256. The molecule has 0 atom stereocenters. The highest BCUT2D eigenvalue weighted by molar-refractivity contribution is 7.18. The van der Waals surface area contributed by atoms with Gasteiger partial charge in [-0.3, -0.25) is 9.59 Å². The Hall–Kier alpha value is -3.27. The molecule has 0 aliphatic rings. The van der Waals surface area contributed by atoms with Crippen molar-refractivity contribution < 1.29 is 27.5 Å². The first-order valence-electron chi connectivity index (χ1n) is 8.21. The Balaban J connectivity index is 1.92. The first kappa shape index (κ1) is 19.1. The molecule has 0 saturated heterocycles. The molecule has 0 saturated carbocycles. The third kappa shape index (κ3) is 3.35. The Labute approximate surface area is 163 Å². The molecular formula is C19H10F4N2O3S. The number of carbonyl (C=O) groups is 1. The molecule has 0 fully saturated rings. The minimum absolute atomic E-state index is 0.0832. The number of benzene rings is 2. The van der Waals surface area contributed by atoms with Crippen molar-refractivity contribution in [1.82, 2.24) is 9.55 Å². The zero-order valence-electron chi connectivity index (χ0n) is 14.4. The number of fused-ring (bicyclic) bond motifs is 2. The van der Waals surface area contributed by atoms with Gasteiger partial charge in [-0.1, -0.05) is 0 Å².